The maximum absolute atomic E-state index is 10.5. The Bertz CT molecular complexity index is 358. The molecule has 1 heterocycles. The van der Waals surface area contributed by atoms with Gasteiger partial charge in [-0.05, 0) is 42.7 Å². The molecule has 2 unspecified atom stereocenters. The second-order valence-corrected chi connectivity index (χ2v) is 5.99. The minimum Gasteiger partial charge on any atom is -0.467 e. The predicted octanol–water partition coefficient (Wildman–Crippen LogP) is 2.99. The number of aliphatic hydroxyl groups excluding tert-OH is 2. The molecule has 3 heteroatoms. The predicted molar refractivity (Wildman–Crippen MR) is 69.9 cm³/mol. The van der Waals surface area contributed by atoms with Gasteiger partial charge in [0.25, 0.3) is 0 Å². The zero-order valence-corrected chi connectivity index (χ0v) is 11.4. The number of rotatable bonds is 3. The minimum atomic E-state index is -0.702. The molecule has 0 radical (unpaired) electrons. The normalized spacial score (nSPS) is 34.8. The SMILES string of the molecule is CC(C)[C@H]1CC[C@@H](C)[C@@H](C(O)c2ccco2)C1O. The van der Waals surface area contributed by atoms with E-state index >= 15 is 0 Å². The van der Waals surface area contributed by atoms with Gasteiger partial charge >= 0.3 is 0 Å². The van der Waals surface area contributed by atoms with Crippen LogP contribution in [0.4, 0.5) is 0 Å². The summed E-state index contributed by atoms with van der Waals surface area (Å²) in [6, 6.07) is 3.56. The summed E-state index contributed by atoms with van der Waals surface area (Å²) in [5, 5.41) is 21.0. The third kappa shape index (κ3) is 2.47. The first-order valence-corrected chi connectivity index (χ1v) is 6.92. The molecule has 0 aromatic carbocycles. The largest absolute Gasteiger partial charge is 0.467 e. The summed E-state index contributed by atoms with van der Waals surface area (Å²) >= 11 is 0. The number of furan rings is 1. The molecule has 0 amide bonds. The van der Waals surface area contributed by atoms with E-state index in [-0.39, 0.29) is 11.8 Å². The fraction of sp³-hybridized carbons (Fsp3) is 0.733. The van der Waals surface area contributed by atoms with Gasteiger partial charge in [-0.2, -0.15) is 0 Å². The monoisotopic (exact) mass is 252 g/mol. The molecule has 0 spiro atoms. The maximum Gasteiger partial charge on any atom is 0.132 e. The summed E-state index contributed by atoms with van der Waals surface area (Å²) in [5.74, 6) is 1.47. The molecule has 1 aromatic rings. The van der Waals surface area contributed by atoms with Gasteiger partial charge in [-0.25, -0.2) is 0 Å². The Kier molecular flexibility index (Phi) is 4.13. The lowest BCUT2D eigenvalue weighted by Gasteiger charge is -2.42. The summed E-state index contributed by atoms with van der Waals surface area (Å²) in [5.41, 5.74) is 0. The summed E-state index contributed by atoms with van der Waals surface area (Å²) in [4.78, 5) is 0. The zero-order valence-electron chi connectivity index (χ0n) is 11.4. The molecule has 5 atom stereocenters. The van der Waals surface area contributed by atoms with Crippen LogP contribution in [0.5, 0.6) is 0 Å². The summed E-state index contributed by atoms with van der Waals surface area (Å²) in [6.45, 7) is 6.39. The summed E-state index contributed by atoms with van der Waals surface area (Å²) in [6.07, 6.45) is 2.52. The lowest BCUT2D eigenvalue weighted by atomic mass is 9.67. The molecule has 1 saturated carbocycles. The Labute approximate surface area is 109 Å². The first-order valence-electron chi connectivity index (χ1n) is 6.92. The van der Waals surface area contributed by atoms with Crippen molar-refractivity contribution in [1.82, 2.24) is 0 Å². The second-order valence-electron chi connectivity index (χ2n) is 5.99. The van der Waals surface area contributed by atoms with Crippen LogP contribution >= 0.6 is 0 Å². The molecular formula is C15H24O3. The van der Waals surface area contributed by atoms with Crippen molar-refractivity contribution in [3.63, 3.8) is 0 Å². The molecule has 18 heavy (non-hydrogen) atoms. The van der Waals surface area contributed by atoms with Gasteiger partial charge in [0.15, 0.2) is 0 Å². The topological polar surface area (TPSA) is 53.6 Å². The molecule has 0 bridgehead atoms. The van der Waals surface area contributed by atoms with Crippen molar-refractivity contribution in [3.05, 3.63) is 24.2 Å². The van der Waals surface area contributed by atoms with Crippen molar-refractivity contribution >= 4 is 0 Å². The van der Waals surface area contributed by atoms with Gasteiger partial charge in [-0.1, -0.05) is 20.8 Å². The highest BCUT2D eigenvalue weighted by Crippen LogP contribution is 2.43. The number of aliphatic hydroxyl groups is 2. The molecule has 2 rings (SSSR count). The minimum absolute atomic E-state index is 0.128. The Morgan fingerprint density at radius 3 is 2.61 bits per heavy atom. The van der Waals surface area contributed by atoms with Crippen molar-refractivity contribution < 1.29 is 14.6 Å². The van der Waals surface area contributed by atoms with Crippen LogP contribution in [-0.2, 0) is 0 Å². The molecule has 1 fully saturated rings. The molecular weight excluding hydrogens is 228 g/mol. The maximum atomic E-state index is 10.5. The third-order valence-corrected chi connectivity index (χ3v) is 4.50. The third-order valence-electron chi connectivity index (χ3n) is 4.50. The molecule has 1 aliphatic carbocycles. The van der Waals surface area contributed by atoms with Crippen molar-refractivity contribution in [1.29, 1.82) is 0 Å². The molecule has 1 aromatic heterocycles. The van der Waals surface area contributed by atoms with Crippen molar-refractivity contribution in [2.24, 2.45) is 23.7 Å². The van der Waals surface area contributed by atoms with Gasteiger partial charge in [0.1, 0.15) is 11.9 Å². The van der Waals surface area contributed by atoms with Crippen LogP contribution in [0.3, 0.4) is 0 Å². The van der Waals surface area contributed by atoms with Crippen LogP contribution < -0.4 is 0 Å². The van der Waals surface area contributed by atoms with Gasteiger partial charge in [0, 0.05) is 5.92 Å². The van der Waals surface area contributed by atoms with Crippen molar-refractivity contribution in [3.8, 4) is 0 Å². The van der Waals surface area contributed by atoms with E-state index in [0.29, 0.717) is 17.6 Å². The van der Waals surface area contributed by atoms with Gasteiger partial charge in [-0.3, -0.25) is 0 Å². The summed E-state index contributed by atoms with van der Waals surface area (Å²) in [7, 11) is 0. The zero-order chi connectivity index (χ0) is 13.3. The molecule has 0 saturated heterocycles. The highest BCUT2D eigenvalue weighted by molar-refractivity contribution is 5.06. The molecule has 0 aliphatic heterocycles. The Morgan fingerprint density at radius 2 is 2.06 bits per heavy atom. The first kappa shape index (κ1) is 13.6. The van der Waals surface area contributed by atoms with E-state index in [1.54, 1.807) is 18.4 Å². The average molecular weight is 252 g/mol. The highest BCUT2D eigenvalue weighted by Gasteiger charge is 2.42. The fourth-order valence-electron chi connectivity index (χ4n) is 3.32. The Hall–Kier alpha value is -0.800. The standard InChI is InChI=1S/C15H24O3/c1-9(2)11-7-6-10(3)13(14(11)16)15(17)12-5-4-8-18-12/h4-5,8-11,13-17H,6-7H2,1-3H3/t10-,11-,13-,14?,15?/m1/s1. The Morgan fingerprint density at radius 1 is 1.33 bits per heavy atom. The van der Waals surface area contributed by atoms with E-state index in [1.807, 2.05) is 0 Å². The second kappa shape index (κ2) is 5.45. The van der Waals surface area contributed by atoms with E-state index in [2.05, 4.69) is 20.8 Å². The van der Waals surface area contributed by atoms with E-state index in [4.69, 9.17) is 4.42 Å². The smallest absolute Gasteiger partial charge is 0.132 e. The number of hydrogen-bond acceptors (Lipinski definition) is 3. The number of hydrogen-bond donors (Lipinski definition) is 2. The van der Waals surface area contributed by atoms with Gasteiger partial charge in [0.05, 0.1) is 12.4 Å². The van der Waals surface area contributed by atoms with E-state index < -0.39 is 12.2 Å². The van der Waals surface area contributed by atoms with Gasteiger partial charge in [0.2, 0.25) is 0 Å². The Balaban J connectivity index is 2.18. The lowest BCUT2D eigenvalue weighted by Crippen LogP contribution is -2.43. The van der Waals surface area contributed by atoms with Crippen LogP contribution in [0.1, 0.15) is 45.5 Å². The quantitative estimate of drug-likeness (QED) is 0.869. The fourth-order valence-corrected chi connectivity index (χ4v) is 3.32. The van der Waals surface area contributed by atoms with E-state index in [1.165, 1.54) is 0 Å². The molecule has 1 aliphatic rings. The van der Waals surface area contributed by atoms with E-state index in [9.17, 15) is 10.2 Å². The average Bonchev–Trinajstić information content (AvgIpc) is 2.81. The highest BCUT2D eigenvalue weighted by atomic mass is 16.4. The molecule has 102 valence electrons. The molecule has 2 N–H and O–H groups in total. The molecule has 3 nitrogen and oxygen atoms in total. The van der Waals surface area contributed by atoms with E-state index in [0.717, 1.165) is 12.8 Å². The van der Waals surface area contributed by atoms with Crippen LogP contribution in [0.15, 0.2) is 22.8 Å². The van der Waals surface area contributed by atoms with Gasteiger partial charge in [-0.15, -0.1) is 0 Å². The van der Waals surface area contributed by atoms with Gasteiger partial charge < -0.3 is 14.6 Å². The van der Waals surface area contributed by atoms with Crippen LogP contribution in [0, 0.1) is 23.7 Å². The summed E-state index contributed by atoms with van der Waals surface area (Å²) < 4.78 is 5.28. The van der Waals surface area contributed by atoms with Crippen molar-refractivity contribution in [2.45, 2.75) is 45.8 Å². The van der Waals surface area contributed by atoms with Crippen LogP contribution in [0.25, 0.3) is 0 Å². The van der Waals surface area contributed by atoms with Crippen LogP contribution in [0.2, 0.25) is 0 Å². The lowest BCUT2D eigenvalue weighted by molar-refractivity contribution is -0.0876. The first-order chi connectivity index (χ1) is 8.52. The van der Waals surface area contributed by atoms with Crippen LogP contribution in [-0.4, -0.2) is 16.3 Å². The van der Waals surface area contributed by atoms with Crippen molar-refractivity contribution in [2.75, 3.05) is 0 Å².